The molecular weight excluding hydrogens is 244 g/mol. The number of nitrogens with one attached hydrogen (secondary N) is 1. The van der Waals surface area contributed by atoms with Gasteiger partial charge in [0.25, 0.3) is 0 Å². The quantitative estimate of drug-likeness (QED) is 0.435. The molecule has 0 saturated heterocycles. The largest absolute Gasteiger partial charge is 0.384 e. The van der Waals surface area contributed by atoms with E-state index < -0.39 is 0 Å². The number of hydrogen-bond donors (Lipinski definition) is 2. The van der Waals surface area contributed by atoms with E-state index in [4.69, 9.17) is 11.1 Å². The molecule has 20 heavy (non-hydrogen) atoms. The molecular formula is C18H28N2. The minimum absolute atomic E-state index is 0.163. The van der Waals surface area contributed by atoms with Crippen LogP contribution < -0.4 is 5.73 Å². The summed E-state index contributed by atoms with van der Waals surface area (Å²) in [6.07, 6.45) is 11.0. The lowest BCUT2D eigenvalue weighted by Gasteiger charge is -2.29. The maximum Gasteiger partial charge on any atom is 0.122 e. The molecule has 0 spiro atoms. The van der Waals surface area contributed by atoms with Gasteiger partial charge in [-0.25, -0.2) is 0 Å². The van der Waals surface area contributed by atoms with E-state index in [9.17, 15) is 0 Å². The van der Waals surface area contributed by atoms with Crippen LogP contribution in [0.15, 0.2) is 24.3 Å². The molecule has 0 atom stereocenters. The number of unbranched alkanes of at least 4 members (excludes halogenated alkanes) is 2. The third kappa shape index (κ3) is 4.09. The molecule has 0 aliphatic heterocycles. The summed E-state index contributed by atoms with van der Waals surface area (Å²) in [5.41, 5.74) is 7.77. The lowest BCUT2D eigenvalue weighted by atomic mass is 9.77. The summed E-state index contributed by atoms with van der Waals surface area (Å²) < 4.78 is 0. The van der Waals surface area contributed by atoms with Gasteiger partial charge in [0.15, 0.2) is 0 Å². The minimum atomic E-state index is 0.163. The van der Waals surface area contributed by atoms with Crippen molar-refractivity contribution in [3.8, 4) is 0 Å². The van der Waals surface area contributed by atoms with Gasteiger partial charge in [0, 0.05) is 5.56 Å². The van der Waals surface area contributed by atoms with E-state index in [0.717, 1.165) is 17.4 Å². The van der Waals surface area contributed by atoms with E-state index in [0.29, 0.717) is 0 Å². The van der Waals surface area contributed by atoms with Crippen LogP contribution in [0.4, 0.5) is 0 Å². The van der Waals surface area contributed by atoms with Gasteiger partial charge in [0.1, 0.15) is 5.84 Å². The summed E-state index contributed by atoms with van der Waals surface area (Å²) in [4.78, 5) is 0. The summed E-state index contributed by atoms with van der Waals surface area (Å²) in [5.74, 6) is 1.85. The lowest BCUT2D eigenvalue weighted by molar-refractivity contribution is 0.303. The van der Waals surface area contributed by atoms with Crippen molar-refractivity contribution in [3.63, 3.8) is 0 Å². The molecule has 2 rings (SSSR count). The molecule has 2 heteroatoms. The first kappa shape index (κ1) is 15.1. The highest BCUT2D eigenvalue weighted by Crippen LogP contribution is 2.37. The van der Waals surface area contributed by atoms with Crippen molar-refractivity contribution in [3.05, 3.63) is 35.4 Å². The fraction of sp³-hybridized carbons (Fsp3) is 0.611. The van der Waals surface area contributed by atoms with Gasteiger partial charge in [-0.05, 0) is 43.1 Å². The zero-order valence-corrected chi connectivity index (χ0v) is 12.7. The number of nitrogen functional groups attached to an aromatic ring is 1. The maximum atomic E-state index is 7.43. The van der Waals surface area contributed by atoms with Gasteiger partial charge in [-0.15, -0.1) is 0 Å². The highest BCUT2D eigenvalue weighted by molar-refractivity contribution is 5.94. The van der Waals surface area contributed by atoms with E-state index in [1.165, 1.54) is 56.9 Å². The van der Waals surface area contributed by atoms with Crippen LogP contribution >= 0.6 is 0 Å². The van der Waals surface area contributed by atoms with E-state index in [1.807, 2.05) is 12.1 Å². The summed E-state index contributed by atoms with van der Waals surface area (Å²) in [5, 5.41) is 7.43. The molecule has 0 aromatic heterocycles. The lowest BCUT2D eigenvalue weighted by Crippen LogP contribution is -2.14. The Hall–Kier alpha value is -1.31. The van der Waals surface area contributed by atoms with Gasteiger partial charge in [0.05, 0.1) is 0 Å². The van der Waals surface area contributed by atoms with Crippen molar-refractivity contribution in [2.75, 3.05) is 0 Å². The predicted molar refractivity (Wildman–Crippen MR) is 86.3 cm³/mol. The zero-order chi connectivity index (χ0) is 14.4. The number of hydrogen-bond acceptors (Lipinski definition) is 1. The van der Waals surface area contributed by atoms with Crippen LogP contribution in [0.5, 0.6) is 0 Å². The van der Waals surface area contributed by atoms with Crippen LogP contribution in [-0.2, 0) is 0 Å². The molecule has 110 valence electrons. The second-order valence-corrected chi connectivity index (χ2v) is 6.25. The Labute approximate surface area is 123 Å². The van der Waals surface area contributed by atoms with Crippen molar-refractivity contribution >= 4 is 5.84 Å². The fourth-order valence-corrected chi connectivity index (χ4v) is 3.40. The average Bonchev–Trinajstić information content (AvgIpc) is 2.48. The van der Waals surface area contributed by atoms with Crippen molar-refractivity contribution in [1.29, 1.82) is 5.41 Å². The standard InChI is InChI=1S/C18H28N2/c1-2-3-4-5-14-6-8-15(9-7-14)16-10-12-17(13-11-16)18(19)20/h10-15H,2-9H2,1H3,(H3,19,20)/t14-,15-. The Morgan fingerprint density at radius 1 is 1.10 bits per heavy atom. The van der Waals surface area contributed by atoms with Crippen molar-refractivity contribution < 1.29 is 0 Å². The average molecular weight is 272 g/mol. The second-order valence-electron chi connectivity index (χ2n) is 6.25. The highest BCUT2D eigenvalue weighted by atomic mass is 14.7. The highest BCUT2D eigenvalue weighted by Gasteiger charge is 2.21. The summed E-state index contributed by atoms with van der Waals surface area (Å²) >= 11 is 0. The third-order valence-corrected chi connectivity index (χ3v) is 4.76. The maximum absolute atomic E-state index is 7.43. The smallest absolute Gasteiger partial charge is 0.122 e. The van der Waals surface area contributed by atoms with Crippen LogP contribution in [0, 0.1) is 11.3 Å². The molecule has 1 aliphatic carbocycles. The van der Waals surface area contributed by atoms with Gasteiger partial charge in [-0.1, -0.05) is 56.9 Å². The monoisotopic (exact) mass is 272 g/mol. The Bertz CT molecular complexity index is 414. The van der Waals surface area contributed by atoms with E-state index in [-0.39, 0.29) is 5.84 Å². The molecule has 1 saturated carbocycles. The van der Waals surface area contributed by atoms with Gasteiger partial charge >= 0.3 is 0 Å². The van der Waals surface area contributed by atoms with Gasteiger partial charge in [-0.2, -0.15) is 0 Å². The first-order chi connectivity index (χ1) is 9.70. The number of nitrogens with two attached hydrogens (primary N) is 1. The molecule has 0 heterocycles. The second kappa shape index (κ2) is 7.47. The van der Waals surface area contributed by atoms with Crippen molar-refractivity contribution in [2.24, 2.45) is 11.7 Å². The normalized spacial score (nSPS) is 22.6. The molecule has 0 amide bonds. The molecule has 0 unspecified atom stereocenters. The van der Waals surface area contributed by atoms with E-state index in [1.54, 1.807) is 0 Å². The van der Waals surface area contributed by atoms with Crippen LogP contribution in [0.3, 0.4) is 0 Å². The number of benzene rings is 1. The Morgan fingerprint density at radius 2 is 1.75 bits per heavy atom. The Balaban J connectivity index is 1.82. The fourth-order valence-electron chi connectivity index (χ4n) is 3.40. The van der Waals surface area contributed by atoms with Crippen LogP contribution in [0.25, 0.3) is 0 Å². The Morgan fingerprint density at radius 3 is 2.30 bits per heavy atom. The van der Waals surface area contributed by atoms with Crippen LogP contribution in [-0.4, -0.2) is 5.84 Å². The van der Waals surface area contributed by atoms with Gasteiger partial charge < -0.3 is 5.73 Å². The summed E-state index contributed by atoms with van der Waals surface area (Å²) in [6, 6.07) is 8.31. The molecule has 1 fully saturated rings. The van der Waals surface area contributed by atoms with E-state index in [2.05, 4.69) is 19.1 Å². The number of amidine groups is 1. The van der Waals surface area contributed by atoms with E-state index >= 15 is 0 Å². The molecule has 3 N–H and O–H groups in total. The van der Waals surface area contributed by atoms with Crippen molar-refractivity contribution in [1.82, 2.24) is 0 Å². The number of rotatable bonds is 6. The summed E-state index contributed by atoms with van der Waals surface area (Å²) in [6.45, 7) is 2.28. The van der Waals surface area contributed by atoms with Gasteiger partial charge in [0.2, 0.25) is 0 Å². The molecule has 1 aromatic carbocycles. The zero-order valence-electron chi connectivity index (χ0n) is 12.7. The minimum Gasteiger partial charge on any atom is -0.384 e. The SMILES string of the molecule is CCCCC[C@H]1CC[C@H](c2ccc(C(=N)N)cc2)CC1. The Kier molecular flexibility index (Phi) is 5.63. The van der Waals surface area contributed by atoms with Gasteiger partial charge in [-0.3, -0.25) is 5.41 Å². The molecule has 0 radical (unpaired) electrons. The third-order valence-electron chi connectivity index (χ3n) is 4.76. The molecule has 0 bridgehead atoms. The molecule has 1 aliphatic rings. The first-order valence-corrected chi connectivity index (χ1v) is 8.15. The van der Waals surface area contributed by atoms with Crippen LogP contribution in [0.1, 0.15) is 75.3 Å². The molecule has 2 nitrogen and oxygen atoms in total. The first-order valence-electron chi connectivity index (χ1n) is 8.15. The summed E-state index contributed by atoms with van der Waals surface area (Å²) in [7, 11) is 0. The van der Waals surface area contributed by atoms with Crippen molar-refractivity contribution in [2.45, 2.75) is 64.2 Å². The molecule has 1 aromatic rings. The topological polar surface area (TPSA) is 49.9 Å². The van der Waals surface area contributed by atoms with Crippen LogP contribution in [0.2, 0.25) is 0 Å². The predicted octanol–water partition coefficient (Wildman–Crippen LogP) is 4.82.